The minimum absolute atomic E-state index is 0.0106. The molecule has 0 saturated carbocycles. The zero-order chi connectivity index (χ0) is 17.0. The maximum absolute atomic E-state index is 13.8. The maximum atomic E-state index is 13.8. The number of halogens is 2. The lowest BCUT2D eigenvalue weighted by molar-refractivity contribution is -0.123. The van der Waals surface area contributed by atoms with Gasteiger partial charge in [0.1, 0.15) is 5.82 Å². The van der Waals surface area contributed by atoms with Crippen molar-refractivity contribution in [1.82, 2.24) is 15.1 Å². The average molecular weight is 342 g/mol. The fraction of sp³-hybridized carbons (Fsp3) is 0.500. The van der Waals surface area contributed by atoms with Crippen molar-refractivity contribution in [2.24, 2.45) is 0 Å². The van der Waals surface area contributed by atoms with E-state index in [0.717, 1.165) is 0 Å². The zero-order valence-corrected chi connectivity index (χ0v) is 14.1. The maximum Gasteiger partial charge on any atom is 0.256 e. The van der Waals surface area contributed by atoms with Crippen molar-refractivity contribution in [2.75, 3.05) is 32.7 Å². The van der Waals surface area contributed by atoms with Crippen LogP contribution in [0, 0.1) is 5.82 Å². The lowest BCUT2D eigenvalue weighted by Crippen LogP contribution is -2.51. The van der Waals surface area contributed by atoms with Gasteiger partial charge in [-0.15, -0.1) is 0 Å². The van der Waals surface area contributed by atoms with Crippen molar-refractivity contribution in [3.63, 3.8) is 0 Å². The number of hydrogen-bond donors (Lipinski definition) is 1. The molecule has 1 fully saturated rings. The van der Waals surface area contributed by atoms with E-state index < -0.39 is 5.82 Å². The first-order valence-corrected chi connectivity index (χ1v) is 8.00. The first-order chi connectivity index (χ1) is 10.9. The van der Waals surface area contributed by atoms with Crippen molar-refractivity contribution in [3.05, 3.63) is 34.6 Å². The SMILES string of the molecule is CC(C)NC(=O)CN1CCN(C(=O)c2cc(Cl)ccc2F)CC1. The molecule has 1 aromatic rings. The highest BCUT2D eigenvalue weighted by atomic mass is 35.5. The van der Waals surface area contributed by atoms with Crippen LogP contribution in [-0.2, 0) is 4.79 Å². The van der Waals surface area contributed by atoms with Crippen LogP contribution in [-0.4, -0.2) is 60.4 Å². The van der Waals surface area contributed by atoms with E-state index in [4.69, 9.17) is 11.6 Å². The smallest absolute Gasteiger partial charge is 0.256 e. The first kappa shape index (κ1) is 17.7. The fourth-order valence-electron chi connectivity index (χ4n) is 2.51. The topological polar surface area (TPSA) is 52.7 Å². The largest absolute Gasteiger partial charge is 0.353 e. The number of benzene rings is 1. The lowest BCUT2D eigenvalue weighted by atomic mass is 10.1. The van der Waals surface area contributed by atoms with E-state index in [0.29, 0.717) is 37.7 Å². The lowest BCUT2D eigenvalue weighted by Gasteiger charge is -2.34. The molecule has 1 aromatic carbocycles. The molecule has 0 aromatic heterocycles. The molecule has 0 radical (unpaired) electrons. The van der Waals surface area contributed by atoms with E-state index in [-0.39, 0.29) is 23.4 Å². The van der Waals surface area contributed by atoms with Gasteiger partial charge < -0.3 is 10.2 Å². The number of nitrogens with zero attached hydrogens (tertiary/aromatic N) is 2. The summed E-state index contributed by atoms with van der Waals surface area (Å²) in [7, 11) is 0. The second kappa shape index (κ2) is 7.75. The summed E-state index contributed by atoms with van der Waals surface area (Å²) >= 11 is 5.83. The molecule has 1 aliphatic rings. The van der Waals surface area contributed by atoms with Crippen molar-refractivity contribution in [2.45, 2.75) is 19.9 Å². The molecule has 126 valence electrons. The molecule has 0 aliphatic carbocycles. The standard InChI is InChI=1S/C16H21ClFN3O2/c1-11(2)19-15(22)10-20-5-7-21(8-6-20)16(23)13-9-12(17)3-4-14(13)18/h3-4,9,11H,5-8,10H2,1-2H3,(H,19,22). The van der Waals surface area contributed by atoms with Crippen LogP contribution in [0.4, 0.5) is 4.39 Å². The number of rotatable bonds is 4. The summed E-state index contributed by atoms with van der Waals surface area (Å²) in [5.41, 5.74) is -0.0106. The van der Waals surface area contributed by atoms with Crippen molar-refractivity contribution in [3.8, 4) is 0 Å². The van der Waals surface area contributed by atoms with Crippen LogP contribution in [0.15, 0.2) is 18.2 Å². The predicted molar refractivity (Wildman–Crippen MR) is 87.0 cm³/mol. The Hall–Kier alpha value is -1.66. The number of amides is 2. The molecule has 2 amide bonds. The Morgan fingerprint density at radius 2 is 1.91 bits per heavy atom. The molecule has 0 unspecified atom stereocenters. The first-order valence-electron chi connectivity index (χ1n) is 7.63. The monoisotopic (exact) mass is 341 g/mol. The summed E-state index contributed by atoms with van der Waals surface area (Å²) < 4.78 is 13.8. The zero-order valence-electron chi connectivity index (χ0n) is 13.3. The highest BCUT2D eigenvalue weighted by molar-refractivity contribution is 6.31. The van der Waals surface area contributed by atoms with E-state index in [9.17, 15) is 14.0 Å². The van der Waals surface area contributed by atoms with E-state index in [1.807, 2.05) is 18.7 Å². The summed E-state index contributed by atoms with van der Waals surface area (Å²) in [6.45, 7) is 6.21. The predicted octanol–water partition coefficient (Wildman–Crippen LogP) is 1.76. The molecule has 23 heavy (non-hydrogen) atoms. The molecule has 2 rings (SSSR count). The van der Waals surface area contributed by atoms with Crippen molar-refractivity contribution in [1.29, 1.82) is 0 Å². The minimum atomic E-state index is -0.571. The molecular weight excluding hydrogens is 321 g/mol. The summed E-state index contributed by atoms with van der Waals surface area (Å²) in [6.07, 6.45) is 0. The molecule has 1 aliphatic heterocycles. The Bertz CT molecular complexity index is 587. The Balaban J connectivity index is 1.90. The summed E-state index contributed by atoms with van der Waals surface area (Å²) in [4.78, 5) is 27.7. The Morgan fingerprint density at radius 3 is 2.52 bits per heavy atom. The molecule has 1 heterocycles. The Labute approximate surface area is 140 Å². The molecule has 0 atom stereocenters. The van der Waals surface area contributed by atoms with Gasteiger partial charge in [0.15, 0.2) is 0 Å². The molecular formula is C16H21ClFN3O2. The third-order valence-corrected chi connectivity index (χ3v) is 3.87. The third kappa shape index (κ3) is 4.91. The van der Waals surface area contributed by atoms with Gasteiger partial charge in [-0.05, 0) is 32.0 Å². The second-order valence-corrected chi connectivity index (χ2v) is 6.35. The quantitative estimate of drug-likeness (QED) is 0.908. The van der Waals surface area contributed by atoms with E-state index in [2.05, 4.69) is 5.32 Å². The second-order valence-electron chi connectivity index (χ2n) is 5.91. The van der Waals surface area contributed by atoms with Gasteiger partial charge in [0, 0.05) is 37.2 Å². The highest BCUT2D eigenvalue weighted by Crippen LogP contribution is 2.17. The van der Waals surface area contributed by atoms with E-state index >= 15 is 0 Å². The Morgan fingerprint density at radius 1 is 1.26 bits per heavy atom. The molecule has 0 spiro atoms. The van der Waals surface area contributed by atoms with Gasteiger partial charge in [0.2, 0.25) is 5.91 Å². The summed E-state index contributed by atoms with van der Waals surface area (Å²) in [5.74, 6) is -0.963. The Kier molecular flexibility index (Phi) is 5.96. The molecule has 0 bridgehead atoms. The molecule has 5 nitrogen and oxygen atoms in total. The molecule has 1 saturated heterocycles. The normalized spacial score (nSPS) is 15.8. The van der Waals surface area contributed by atoms with Gasteiger partial charge in [0.25, 0.3) is 5.91 Å². The number of nitrogens with one attached hydrogen (secondary N) is 1. The van der Waals surface area contributed by atoms with E-state index in [1.54, 1.807) is 4.90 Å². The number of carbonyl (C=O) groups excluding carboxylic acids is 2. The van der Waals surface area contributed by atoms with Gasteiger partial charge in [0.05, 0.1) is 12.1 Å². The minimum Gasteiger partial charge on any atom is -0.353 e. The van der Waals surface area contributed by atoms with Gasteiger partial charge >= 0.3 is 0 Å². The van der Waals surface area contributed by atoms with Crippen LogP contribution in [0.5, 0.6) is 0 Å². The van der Waals surface area contributed by atoms with Crippen molar-refractivity contribution < 1.29 is 14.0 Å². The van der Waals surface area contributed by atoms with Crippen LogP contribution >= 0.6 is 11.6 Å². The number of piperazine rings is 1. The summed E-state index contributed by atoms with van der Waals surface area (Å²) in [5, 5.41) is 3.17. The van der Waals surface area contributed by atoms with Crippen molar-refractivity contribution >= 4 is 23.4 Å². The van der Waals surface area contributed by atoms with Crippen LogP contribution in [0.3, 0.4) is 0 Å². The number of hydrogen-bond acceptors (Lipinski definition) is 3. The van der Waals surface area contributed by atoms with Gasteiger partial charge in [-0.2, -0.15) is 0 Å². The molecule has 1 N–H and O–H groups in total. The van der Waals surface area contributed by atoms with Gasteiger partial charge in [-0.25, -0.2) is 4.39 Å². The summed E-state index contributed by atoms with van der Waals surface area (Å²) in [6, 6.07) is 4.07. The fourth-order valence-corrected chi connectivity index (χ4v) is 2.68. The van der Waals surface area contributed by atoms with Gasteiger partial charge in [-0.1, -0.05) is 11.6 Å². The van der Waals surface area contributed by atoms with E-state index in [1.165, 1.54) is 18.2 Å². The highest BCUT2D eigenvalue weighted by Gasteiger charge is 2.25. The van der Waals surface area contributed by atoms with Crippen LogP contribution in [0.1, 0.15) is 24.2 Å². The van der Waals surface area contributed by atoms with Crippen LogP contribution in [0.2, 0.25) is 5.02 Å². The third-order valence-electron chi connectivity index (χ3n) is 3.64. The van der Waals surface area contributed by atoms with Crippen LogP contribution < -0.4 is 5.32 Å². The average Bonchev–Trinajstić information content (AvgIpc) is 2.49. The number of carbonyl (C=O) groups is 2. The molecule has 7 heteroatoms. The van der Waals surface area contributed by atoms with Crippen LogP contribution in [0.25, 0.3) is 0 Å². The van der Waals surface area contributed by atoms with Gasteiger partial charge in [-0.3, -0.25) is 14.5 Å².